The minimum Gasteiger partial charge on any atom is -0.422 e. The predicted octanol–water partition coefficient (Wildman–Crippen LogP) is 3.02. The maximum absolute atomic E-state index is 12.1. The zero-order valence-electron chi connectivity index (χ0n) is 12.0. The highest BCUT2D eigenvalue weighted by atomic mass is 16.4. The van der Waals surface area contributed by atoms with Crippen molar-refractivity contribution in [2.45, 2.75) is 39.7 Å². The van der Waals surface area contributed by atoms with Gasteiger partial charge in [0.25, 0.3) is 5.91 Å². The molecule has 1 heterocycles. The lowest BCUT2D eigenvalue weighted by Gasteiger charge is -2.12. The minimum absolute atomic E-state index is 0.0418. The van der Waals surface area contributed by atoms with Crippen LogP contribution >= 0.6 is 0 Å². The Morgan fingerprint density at radius 2 is 2.10 bits per heavy atom. The summed E-state index contributed by atoms with van der Waals surface area (Å²) in [5, 5.41) is 3.58. The molecular weight excluding hydrogens is 254 g/mol. The van der Waals surface area contributed by atoms with E-state index >= 15 is 0 Å². The van der Waals surface area contributed by atoms with Gasteiger partial charge in [0.05, 0.1) is 0 Å². The molecule has 0 aliphatic heterocycles. The maximum atomic E-state index is 12.1. The van der Waals surface area contributed by atoms with Crippen molar-refractivity contribution >= 4 is 16.9 Å². The molecule has 106 valence electrons. The van der Waals surface area contributed by atoms with Gasteiger partial charge in [0.2, 0.25) is 0 Å². The number of amides is 1. The van der Waals surface area contributed by atoms with E-state index in [2.05, 4.69) is 12.2 Å². The van der Waals surface area contributed by atoms with Gasteiger partial charge in [-0.1, -0.05) is 25.0 Å². The van der Waals surface area contributed by atoms with Crippen LogP contribution in [-0.2, 0) is 0 Å². The molecule has 20 heavy (non-hydrogen) atoms. The molecule has 2 rings (SSSR count). The molecule has 1 unspecified atom stereocenters. The SMILES string of the molecule is CCCC(C)NC(=O)c1cc2cc(C)ccc2oc1=O. The average Bonchev–Trinajstić information content (AvgIpc) is 2.38. The van der Waals surface area contributed by atoms with Crippen LogP contribution in [0.4, 0.5) is 0 Å². The number of rotatable bonds is 4. The molecule has 0 saturated heterocycles. The molecular formula is C16H19NO3. The van der Waals surface area contributed by atoms with E-state index in [0.717, 1.165) is 23.8 Å². The van der Waals surface area contributed by atoms with Crippen LogP contribution in [0.5, 0.6) is 0 Å². The van der Waals surface area contributed by atoms with E-state index in [0.29, 0.717) is 5.58 Å². The largest absolute Gasteiger partial charge is 0.422 e. The summed E-state index contributed by atoms with van der Waals surface area (Å²) < 4.78 is 5.19. The molecule has 0 aliphatic carbocycles. The Labute approximate surface area is 117 Å². The van der Waals surface area contributed by atoms with Gasteiger partial charge < -0.3 is 9.73 Å². The fraction of sp³-hybridized carbons (Fsp3) is 0.375. The summed E-state index contributed by atoms with van der Waals surface area (Å²) in [6.07, 6.45) is 1.86. The van der Waals surface area contributed by atoms with Crippen molar-refractivity contribution in [2.24, 2.45) is 0 Å². The normalized spacial score (nSPS) is 12.3. The number of benzene rings is 1. The van der Waals surface area contributed by atoms with Gasteiger partial charge in [0.15, 0.2) is 0 Å². The Balaban J connectivity index is 2.36. The molecule has 1 atom stereocenters. The van der Waals surface area contributed by atoms with Gasteiger partial charge >= 0.3 is 5.63 Å². The third-order valence-electron chi connectivity index (χ3n) is 3.23. The van der Waals surface area contributed by atoms with Gasteiger partial charge in [-0.15, -0.1) is 0 Å². The van der Waals surface area contributed by atoms with Crippen LogP contribution in [0.25, 0.3) is 11.0 Å². The summed E-state index contributed by atoms with van der Waals surface area (Å²) in [4.78, 5) is 24.0. The Hall–Kier alpha value is -2.10. The molecule has 1 amide bonds. The molecule has 2 aromatic rings. The highest BCUT2D eigenvalue weighted by Gasteiger charge is 2.15. The van der Waals surface area contributed by atoms with Crippen LogP contribution in [0.3, 0.4) is 0 Å². The Morgan fingerprint density at radius 3 is 2.80 bits per heavy atom. The van der Waals surface area contributed by atoms with E-state index in [9.17, 15) is 9.59 Å². The van der Waals surface area contributed by atoms with Crippen LogP contribution in [-0.4, -0.2) is 11.9 Å². The third kappa shape index (κ3) is 3.07. The second-order valence-corrected chi connectivity index (χ2v) is 5.15. The lowest BCUT2D eigenvalue weighted by atomic mass is 10.1. The lowest BCUT2D eigenvalue weighted by molar-refractivity contribution is 0.0935. The molecule has 0 fully saturated rings. The van der Waals surface area contributed by atoms with Crippen molar-refractivity contribution in [3.8, 4) is 0 Å². The molecule has 1 aromatic heterocycles. The summed E-state index contributed by atoms with van der Waals surface area (Å²) in [6, 6.07) is 7.15. The Bertz CT molecular complexity index is 688. The second-order valence-electron chi connectivity index (χ2n) is 5.15. The van der Waals surface area contributed by atoms with E-state index in [1.165, 1.54) is 0 Å². The topological polar surface area (TPSA) is 59.3 Å². The van der Waals surface area contributed by atoms with Gasteiger partial charge in [0.1, 0.15) is 11.1 Å². The average molecular weight is 273 g/mol. The van der Waals surface area contributed by atoms with Crippen LogP contribution in [0.1, 0.15) is 42.6 Å². The molecule has 1 N–H and O–H groups in total. The van der Waals surface area contributed by atoms with Crippen molar-refractivity contribution in [3.05, 3.63) is 45.8 Å². The number of hydrogen-bond acceptors (Lipinski definition) is 3. The van der Waals surface area contributed by atoms with Crippen LogP contribution in [0.2, 0.25) is 0 Å². The zero-order valence-corrected chi connectivity index (χ0v) is 12.0. The van der Waals surface area contributed by atoms with Crippen LogP contribution in [0, 0.1) is 6.92 Å². The summed E-state index contributed by atoms with van der Waals surface area (Å²) in [7, 11) is 0. The van der Waals surface area contributed by atoms with E-state index in [-0.39, 0.29) is 17.5 Å². The van der Waals surface area contributed by atoms with Crippen LogP contribution in [0.15, 0.2) is 33.5 Å². The van der Waals surface area contributed by atoms with Gasteiger partial charge in [-0.25, -0.2) is 4.79 Å². The first-order valence-electron chi connectivity index (χ1n) is 6.86. The smallest absolute Gasteiger partial charge is 0.349 e. The summed E-state index contributed by atoms with van der Waals surface area (Å²) in [5.74, 6) is -0.372. The number of fused-ring (bicyclic) bond motifs is 1. The molecule has 1 aromatic carbocycles. The highest BCUT2D eigenvalue weighted by Crippen LogP contribution is 2.15. The standard InChI is InChI=1S/C16H19NO3/c1-4-5-11(3)17-15(18)13-9-12-8-10(2)6-7-14(12)20-16(13)19/h6-9,11H,4-5H2,1-3H3,(H,17,18). The second kappa shape index (κ2) is 5.90. The molecule has 4 heteroatoms. The molecule has 0 spiro atoms. The molecule has 4 nitrogen and oxygen atoms in total. The first-order valence-corrected chi connectivity index (χ1v) is 6.86. The van der Waals surface area contributed by atoms with Gasteiger partial charge in [-0.2, -0.15) is 0 Å². The van der Waals surface area contributed by atoms with Crippen LogP contribution < -0.4 is 10.9 Å². The van der Waals surface area contributed by atoms with Crippen molar-refractivity contribution < 1.29 is 9.21 Å². The van der Waals surface area contributed by atoms with Gasteiger partial charge in [-0.3, -0.25) is 4.79 Å². The predicted molar refractivity (Wildman–Crippen MR) is 79.1 cm³/mol. The van der Waals surface area contributed by atoms with E-state index in [4.69, 9.17) is 4.42 Å². The monoisotopic (exact) mass is 273 g/mol. The van der Waals surface area contributed by atoms with Gasteiger partial charge in [0, 0.05) is 11.4 Å². The first kappa shape index (κ1) is 14.3. The zero-order chi connectivity index (χ0) is 14.7. The number of aryl methyl sites for hydroxylation is 1. The molecule has 0 aliphatic rings. The molecule has 0 saturated carbocycles. The maximum Gasteiger partial charge on any atom is 0.349 e. The van der Waals surface area contributed by atoms with E-state index in [1.54, 1.807) is 12.1 Å². The lowest BCUT2D eigenvalue weighted by Crippen LogP contribution is -2.35. The van der Waals surface area contributed by atoms with Gasteiger partial charge in [-0.05, 0) is 38.5 Å². The van der Waals surface area contributed by atoms with Crippen molar-refractivity contribution in [3.63, 3.8) is 0 Å². The number of hydrogen-bond donors (Lipinski definition) is 1. The fourth-order valence-electron chi connectivity index (χ4n) is 2.21. The van der Waals surface area contributed by atoms with Crippen molar-refractivity contribution in [2.75, 3.05) is 0 Å². The third-order valence-corrected chi connectivity index (χ3v) is 3.23. The summed E-state index contributed by atoms with van der Waals surface area (Å²) in [5.41, 5.74) is 1.02. The highest BCUT2D eigenvalue weighted by molar-refractivity contribution is 5.96. The number of nitrogens with one attached hydrogen (secondary N) is 1. The summed E-state index contributed by atoms with van der Waals surface area (Å²) >= 11 is 0. The number of carbonyl (C=O) groups excluding carboxylic acids is 1. The molecule has 0 bridgehead atoms. The Morgan fingerprint density at radius 1 is 1.35 bits per heavy atom. The number of carbonyl (C=O) groups is 1. The minimum atomic E-state index is -0.595. The van der Waals surface area contributed by atoms with Crippen molar-refractivity contribution in [1.82, 2.24) is 5.32 Å². The Kier molecular flexibility index (Phi) is 4.23. The van der Waals surface area contributed by atoms with E-state index < -0.39 is 5.63 Å². The first-order chi connectivity index (χ1) is 9.51. The molecule has 0 radical (unpaired) electrons. The van der Waals surface area contributed by atoms with Crippen molar-refractivity contribution in [1.29, 1.82) is 0 Å². The summed E-state index contributed by atoms with van der Waals surface area (Å²) in [6.45, 7) is 5.93. The van der Waals surface area contributed by atoms with E-state index in [1.807, 2.05) is 26.0 Å². The fourth-order valence-corrected chi connectivity index (χ4v) is 2.21. The quantitative estimate of drug-likeness (QED) is 0.871.